The number of methoxy groups -OCH3 is 1. The molecule has 148 valence electrons. The summed E-state index contributed by atoms with van der Waals surface area (Å²) < 4.78 is 7.20. The molecule has 1 aliphatic carbocycles. The molecule has 8 nitrogen and oxygen atoms in total. The second-order valence-electron chi connectivity index (χ2n) is 7.29. The Bertz CT molecular complexity index is 903. The van der Waals surface area contributed by atoms with Gasteiger partial charge in [0.25, 0.3) is 0 Å². The molecule has 2 heterocycles. The molecule has 1 aliphatic heterocycles. The fourth-order valence-electron chi connectivity index (χ4n) is 3.65. The van der Waals surface area contributed by atoms with E-state index in [1.807, 2.05) is 17.9 Å². The number of hydrogen-bond acceptors (Lipinski definition) is 4. The van der Waals surface area contributed by atoms with Gasteiger partial charge in [-0.2, -0.15) is 5.10 Å². The normalized spacial score (nSPS) is 16.4. The van der Waals surface area contributed by atoms with Gasteiger partial charge in [-0.25, -0.2) is 4.79 Å². The van der Waals surface area contributed by atoms with Gasteiger partial charge in [0, 0.05) is 25.7 Å². The highest BCUT2D eigenvalue weighted by molar-refractivity contribution is 5.98. The maximum atomic E-state index is 12.4. The standard InChI is InChI=1S/C20H25N5O3/c1-24-17(15(11-22-24)13-5-6-13)12-21-20(27)23-14-7-8-18(28-2)16(10-14)25-9-3-4-19(25)26/h7-8,10-11,13H,3-6,9,12H2,1-2H3,(H2,21,23,27). The van der Waals surface area contributed by atoms with Gasteiger partial charge in [0.1, 0.15) is 5.75 Å². The first-order valence-corrected chi connectivity index (χ1v) is 9.61. The number of aryl methyl sites for hydroxylation is 1. The van der Waals surface area contributed by atoms with Crippen molar-refractivity contribution in [2.24, 2.45) is 7.05 Å². The third-order valence-corrected chi connectivity index (χ3v) is 5.33. The highest BCUT2D eigenvalue weighted by Gasteiger charge is 2.28. The molecule has 1 saturated carbocycles. The molecule has 3 amide bonds. The molecule has 0 radical (unpaired) electrons. The number of rotatable bonds is 6. The summed E-state index contributed by atoms with van der Waals surface area (Å²) in [7, 11) is 3.47. The van der Waals surface area contributed by atoms with Gasteiger partial charge in [-0.1, -0.05) is 0 Å². The van der Waals surface area contributed by atoms with Gasteiger partial charge in [-0.15, -0.1) is 0 Å². The predicted molar refractivity (Wildman–Crippen MR) is 106 cm³/mol. The predicted octanol–water partition coefficient (Wildman–Crippen LogP) is 2.75. The van der Waals surface area contributed by atoms with Crippen LogP contribution >= 0.6 is 0 Å². The molecule has 2 aromatic rings. The number of hydrogen-bond donors (Lipinski definition) is 2. The largest absolute Gasteiger partial charge is 0.495 e. The summed E-state index contributed by atoms with van der Waals surface area (Å²) in [4.78, 5) is 26.2. The Hall–Kier alpha value is -3.03. The van der Waals surface area contributed by atoms with Gasteiger partial charge in [-0.3, -0.25) is 9.48 Å². The summed E-state index contributed by atoms with van der Waals surface area (Å²) in [6, 6.07) is 5.01. The van der Waals surface area contributed by atoms with E-state index in [9.17, 15) is 9.59 Å². The minimum Gasteiger partial charge on any atom is -0.495 e. The lowest BCUT2D eigenvalue weighted by Crippen LogP contribution is -2.29. The quantitative estimate of drug-likeness (QED) is 0.803. The number of aromatic nitrogens is 2. The van der Waals surface area contributed by atoms with E-state index in [0.717, 1.165) is 12.1 Å². The van der Waals surface area contributed by atoms with Crippen molar-refractivity contribution in [3.05, 3.63) is 35.7 Å². The number of carbonyl (C=O) groups excluding carboxylic acids is 2. The average Bonchev–Trinajstić information content (AvgIpc) is 3.34. The lowest BCUT2D eigenvalue weighted by atomic mass is 10.1. The topological polar surface area (TPSA) is 88.5 Å². The number of nitrogens with zero attached hydrogens (tertiary/aromatic N) is 3. The van der Waals surface area contributed by atoms with Crippen LogP contribution in [0, 0.1) is 0 Å². The van der Waals surface area contributed by atoms with E-state index in [2.05, 4.69) is 15.7 Å². The third kappa shape index (κ3) is 3.67. The molecule has 8 heteroatoms. The van der Waals surface area contributed by atoms with Gasteiger partial charge in [0.2, 0.25) is 5.91 Å². The summed E-state index contributed by atoms with van der Waals surface area (Å²) >= 11 is 0. The molecule has 1 saturated heterocycles. The SMILES string of the molecule is COc1ccc(NC(=O)NCc2c(C3CC3)cnn2C)cc1N1CCCC1=O. The molecule has 0 atom stereocenters. The molecule has 2 N–H and O–H groups in total. The first-order chi connectivity index (χ1) is 13.6. The van der Waals surface area contributed by atoms with Crippen LogP contribution in [0.25, 0.3) is 0 Å². The minimum absolute atomic E-state index is 0.0729. The van der Waals surface area contributed by atoms with Crippen molar-refractivity contribution < 1.29 is 14.3 Å². The van der Waals surface area contributed by atoms with E-state index in [4.69, 9.17) is 4.74 Å². The number of ether oxygens (including phenoxy) is 1. The Morgan fingerprint density at radius 2 is 2.18 bits per heavy atom. The Balaban J connectivity index is 1.43. The lowest BCUT2D eigenvalue weighted by molar-refractivity contribution is -0.117. The highest BCUT2D eigenvalue weighted by Crippen LogP contribution is 2.41. The Morgan fingerprint density at radius 1 is 1.36 bits per heavy atom. The molecule has 0 unspecified atom stereocenters. The fourth-order valence-corrected chi connectivity index (χ4v) is 3.65. The van der Waals surface area contributed by atoms with Crippen LogP contribution < -0.4 is 20.3 Å². The van der Waals surface area contributed by atoms with Crippen LogP contribution in [-0.4, -0.2) is 35.4 Å². The van der Waals surface area contributed by atoms with Crippen molar-refractivity contribution in [2.45, 2.75) is 38.1 Å². The van der Waals surface area contributed by atoms with Gasteiger partial charge >= 0.3 is 6.03 Å². The number of urea groups is 1. The van der Waals surface area contributed by atoms with E-state index in [1.54, 1.807) is 30.2 Å². The second kappa shape index (κ2) is 7.53. The van der Waals surface area contributed by atoms with Crippen molar-refractivity contribution in [3.8, 4) is 5.75 Å². The number of nitrogens with one attached hydrogen (secondary N) is 2. The van der Waals surface area contributed by atoms with Crippen molar-refractivity contribution in [2.75, 3.05) is 23.9 Å². The fraction of sp³-hybridized carbons (Fsp3) is 0.450. The maximum Gasteiger partial charge on any atom is 0.319 e. The van der Waals surface area contributed by atoms with E-state index in [0.29, 0.717) is 42.6 Å². The molecule has 2 fully saturated rings. The van der Waals surface area contributed by atoms with E-state index in [1.165, 1.54) is 18.4 Å². The number of amides is 3. The van der Waals surface area contributed by atoms with Crippen LogP contribution in [0.3, 0.4) is 0 Å². The Kier molecular flexibility index (Phi) is 4.93. The van der Waals surface area contributed by atoms with E-state index in [-0.39, 0.29) is 11.9 Å². The van der Waals surface area contributed by atoms with Crippen LogP contribution in [0.4, 0.5) is 16.2 Å². The van der Waals surface area contributed by atoms with Crippen LogP contribution in [0.1, 0.15) is 42.9 Å². The Morgan fingerprint density at radius 3 is 2.86 bits per heavy atom. The summed E-state index contributed by atoms with van der Waals surface area (Å²) in [6.07, 6.45) is 5.64. The Labute approximate surface area is 163 Å². The minimum atomic E-state index is -0.299. The zero-order chi connectivity index (χ0) is 19.7. The number of benzene rings is 1. The van der Waals surface area contributed by atoms with E-state index >= 15 is 0 Å². The third-order valence-electron chi connectivity index (χ3n) is 5.33. The summed E-state index contributed by atoms with van der Waals surface area (Å²) in [5, 5.41) is 10.1. The molecule has 1 aromatic carbocycles. The van der Waals surface area contributed by atoms with Gasteiger partial charge in [0.05, 0.1) is 31.2 Å². The van der Waals surface area contributed by atoms with Crippen molar-refractivity contribution >= 4 is 23.3 Å². The summed E-state index contributed by atoms with van der Waals surface area (Å²) in [5.41, 5.74) is 3.56. The second-order valence-corrected chi connectivity index (χ2v) is 7.29. The summed E-state index contributed by atoms with van der Waals surface area (Å²) in [6.45, 7) is 1.08. The molecule has 2 aliphatic rings. The zero-order valence-corrected chi connectivity index (χ0v) is 16.2. The molecule has 1 aromatic heterocycles. The van der Waals surface area contributed by atoms with Gasteiger partial charge in [0.15, 0.2) is 0 Å². The van der Waals surface area contributed by atoms with Crippen molar-refractivity contribution in [1.29, 1.82) is 0 Å². The first kappa shape index (κ1) is 18.3. The molecule has 4 rings (SSSR count). The summed E-state index contributed by atoms with van der Waals surface area (Å²) in [5.74, 6) is 1.27. The smallest absolute Gasteiger partial charge is 0.319 e. The zero-order valence-electron chi connectivity index (χ0n) is 16.2. The molecular formula is C20H25N5O3. The van der Waals surface area contributed by atoms with E-state index < -0.39 is 0 Å². The highest BCUT2D eigenvalue weighted by atomic mass is 16.5. The molecule has 28 heavy (non-hydrogen) atoms. The average molecular weight is 383 g/mol. The molecule has 0 bridgehead atoms. The van der Waals surface area contributed by atoms with Crippen LogP contribution in [0.5, 0.6) is 5.75 Å². The lowest BCUT2D eigenvalue weighted by Gasteiger charge is -2.20. The van der Waals surface area contributed by atoms with Crippen molar-refractivity contribution in [3.63, 3.8) is 0 Å². The monoisotopic (exact) mass is 383 g/mol. The van der Waals surface area contributed by atoms with Crippen LogP contribution in [-0.2, 0) is 18.4 Å². The van der Waals surface area contributed by atoms with Gasteiger partial charge in [-0.05, 0) is 48.9 Å². The number of carbonyl (C=O) groups is 2. The van der Waals surface area contributed by atoms with Gasteiger partial charge < -0.3 is 20.3 Å². The molecule has 0 spiro atoms. The number of anilines is 2. The van der Waals surface area contributed by atoms with Crippen LogP contribution in [0.2, 0.25) is 0 Å². The first-order valence-electron chi connectivity index (χ1n) is 9.61. The van der Waals surface area contributed by atoms with Crippen molar-refractivity contribution in [1.82, 2.24) is 15.1 Å². The maximum absolute atomic E-state index is 12.4. The van der Waals surface area contributed by atoms with Crippen LogP contribution in [0.15, 0.2) is 24.4 Å². The molecular weight excluding hydrogens is 358 g/mol.